The minimum Gasteiger partial charge on any atom is -0.400 e. The van der Waals surface area contributed by atoms with Gasteiger partial charge in [-0.1, -0.05) is 60.7 Å². The molecule has 3 aromatic carbocycles. The minimum absolute atomic E-state index is 1.00. The van der Waals surface area contributed by atoms with Gasteiger partial charge in [0.2, 0.25) is 0 Å². The molecule has 80 valence electrons. The van der Waals surface area contributed by atoms with Gasteiger partial charge in [-0.3, -0.25) is 0 Å². The molecule has 0 aliphatic heterocycles. The fourth-order valence-electron chi connectivity index (χ4n) is 1.95. The monoisotopic (exact) mass is 210 g/mol. The lowest BCUT2D eigenvalue weighted by Gasteiger charge is -2.02. The first-order valence-electron chi connectivity index (χ1n) is 5.26. The number of fused-ring (bicyclic) bond motifs is 3. The van der Waals surface area contributed by atoms with Gasteiger partial charge in [-0.05, 0) is 21.5 Å². The number of hydrogen-bond acceptors (Lipinski definition) is 1. The summed E-state index contributed by atoms with van der Waals surface area (Å²) >= 11 is 0. The summed E-state index contributed by atoms with van der Waals surface area (Å²) in [6, 6.07) is 21.4. The van der Waals surface area contributed by atoms with Crippen molar-refractivity contribution in [3.8, 4) is 0 Å². The van der Waals surface area contributed by atoms with Gasteiger partial charge >= 0.3 is 0 Å². The molecule has 0 aliphatic carbocycles. The van der Waals surface area contributed by atoms with Crippen LogP contribution >= 0.6 is 0 Å². The van der Waals surface area contributed by atoms with E-state index in [0.29, 0.717) is 0 Å². The highest BCUT2D eigenvalue weighted by atomic mass is 16.2. The molecule has 0 aliphatic rings. The number of aliphatic hydroxyl groups excluding tert-OH is 1. The van der Waals surface area contributed by atoms with Gasteiger partial charge in [0.25, 0.3) is 0 Å². The lowest BCUT2D eigenvalue weighted by Crippen LogP contribution is -1.75. The van der Waals surface area contributed by atoms with E-state index >= 15 is 0 Å². The number of benzene rings is 3. The van der Waals surface area contributed by atoms with Crippen molar-refractivity contribution in [2.24, 2.45) is 0 Å². The Morgan fingerprint density at radius 2 is 0.938 bits per heavy atom. The van der Waals surface area contributed by atoms with Crippen molar-refractivity contribution in [3.63, 3.8) is 0 Å². The highest BCUT2D eigenvalue weighted by Gasteiger charge is 1.97. The van der Waals surface area contributed by atoms with E-state index in [-0.39, 0.29) is 0 Å². The average Bonchev–Trinajstić information content (AvgIpc) is 2.41. The zero-order valence-corrected chi connectivity index (χ0v) is 9.22. The Bertz CT molecular complexity index is 544. The van der Waals surface area contributed by atoms with Gasteiger partial charge in [0.15, 0.2) is 0 Å². The molecule has 16 heavy (non-hydrogen) atoms. The van der Waals surface area contributed by atoms with Crippen LogP contribution in [0.4, 0.5) is 0 Å². The zero-order chi connectivity index (χ0) is 11.4. The van der Waals surface area contributed by atoms with Crippen molar-refractivity contribution < 1.29 is 5.11 Å². The second-order valence-corrected chi connectivity index (χ2v) is 3.51. The normalized spacial score (nSPS) is 9.88. The number of hydrogen-bond donors (Lipinski definition) is 1. The smallest absolute Gasteiger partial charge is 0.0319 e. The van der Waals surface area contributed by atoms with E-state index in [0.717, 1.165) is 7.11 Å². The van der Waals surface area contributed by atoms with Crippen LogP contribution in [0.2, 0.25) is 0 Å². The summed E-state index contributed by atoms with van der Waals surface area (Å²) in [5, 5.41) is 12.3. The van der Waals surface area contributed by atoms with Crippen LogP contribution in [0.25, 0.3) is 21.5 Å². The predicted molar refractivity (Wildman–Crippen MR) is 69.6 cm³/mol. The summed E-state index contributed by atoms with van der Waals surface area (Å²) in [5.74, 6) is 0. The van der Waals surface area contributed by atoms with E-state index in [1.54, 1.807) is 0 Å². The Morgan fingerprint density at radius 1 is 0.562 bits per heavy atom. The zero-order valence-electron chi connectivity index (χ0n) is 9.22. The van der Waals surface area contributed by atoms with Crippen LogP contribution in [0.3, 0.4) is 0 Å². The van der Waals surface area contributed by atoms with Crippen molar-refractivity contribution in [1.29, 1.82) is 0 Å². The average molecular weight is 210 g/mol. The first-order valence-corrected chi connectivity index (χ1v) is 5.26. The van der Waals surface area contributed by atoms with E-state index in [1.807, 2.05) is 0 Å². The van der Waals surface area contributed by atoms with Crippen LogP contribution in [-0.4, -0.2) is 12.2 Å². The van der Waals surface area contributed by atoms with Crippen LogP contribution in [0.1, 0.15) is 0 Å². The van der Waals surface area contributed by atoms with Crippen molar-refractivity contribution in [1.82, 2.24) is 0 Å². The van der Waals surface area contributed by atoms with Crippen molar-refractivity contribution >= 4 is 21.5 Å². The van der Waals surface area contributed by atoms with Gasteiger partial charge in [-0.2, -0.15) is 0 Å². The Morgan fingerprint density at radius 3 is 1.38 bits per heavy atom. The minimum atomic E-state index is 1.00. The Labute approximate surface area is 95.0 Å². The molecular weight excluding hydrogens is 196 g/mol. The molecule has 0 radical (unpaired) electrons. The molecule has 0 saturated heterocycles. The summed E-state index contributed by atoms with van der Waals surface area (Å²) in [5.41, 5.74) is 0. The van der Waals surface area contributed by atoms with Crippen molar-refractivity contribution in [2.45, 2.75) is 0 Å². The lowest BCUT2D eigenvalue weighted by molar-refractivity contribution is 0.399. The largest absolute Gasteiger partial charge is 0.400 e. The molecular formula is C15H14O. The molecule has 3 rings (SSSR count). The van der Waals surface area contributed by atoms with Crippen LogP contribution in [0, 0.1) is 0 Å². The summed E-state index contributed by atoms with van der Waals surface area (Å²) in [6.45, 7) is 0. The van der Waals surface area contributed by atoms with Gasteiger partial charge in [0.1, 0.15) is 0 Å². The molecule has 0 spiro atoms. The summed E-state index contributed by atoms with van der Waals surface area (Å²) in [7, 11) is 1.00. The molecule has 0 fully saturated rings. The van der Waals surface area contributed by atoms with Crippen molar-refractivity contribution in [2.75, 3.05) is 7.11 Å². The van der Waals surface area contributed by atoms with Crippen molar-refractivity contribution in [3.05, 3.63) is 60.7 Å². The molecule has 1 heteroatoms. The van der Waals surface area contributed by atoms with E-state index < -0.39 is 0 Å². The highest BCUT2D eigenvalue weighted by molar-refractivity contribution is 6.07. The first-order chi connectivity index (χ1) is 7.95. The molecule has 0 atom stereocenters. The SMILES string of the molecule is CO.c1ccc2c(c1)ccc1ccccc12. The second kappa shape index (κ2) is 4.77. The first kappa shape index (κ1) is 10.7. The fourth-order valence-corrected chi connectivity index (χ4v) is 1.95. The predicted octanol–water partition coefficient (Wildman–Crippen LogP) is 3.60. The maximum absolute atomic E-state index is 7.00. The quantitative estimate of drug-likeness (QED) is 0.562. The Kier molecular flexibility index (Phi) is 3.18. The van der Waals surface area contributed by atoms with Crippen LogP contribution in [0.15, 0.2) is 60.7 Å². The van der Waals surface area contributed by atoms with Gasteiger partial charge in [0, 0.05) is 7.11 Å². The van der Waals surface area contributed by atoms with E-state index in [2.05, 4.69) is 60.7 Å². The molecule has 1 nitrogen and oxygen atoms in total. The third kappa shape index (κ3) is 1.77. The van der Waals surface area contributed by atoms with Gasteiger partial charge in [-0.15, -0.1) is 0 Å². The summed E-state index contributed by atoms with van der Waals surface area (Å²) in [6.07, 6.45) is 0. The van der Waals surface area contributed by atoms with Crippen LogP contribution in [0.5, 0.6) is 0 Å². The van der Waals surface area contributed by atoms with E-state index in [1.165, 1.54) is 21.5 Å². The molecule has 0 amide bonds. The standard InChI is InChI=1S/C14H10.CH4O/c1-3-7-13-11(5-1)9-10-12-6-2-4-8-14(12)13;1-2/h1-10H;2H,1H3. The molecule has 0 aromatic heterocycles. The molecule has 3 aromatic rings. The molecule has 0 heterocycles. The fraction of sp³-hybridized carbons (Fsp3) is 0.0667. The van der Waals surface area contributed by atoms with E-state index in [9.17, 15) is 0 Å². The summed E-state index contributed by atoms with van der Waals surface area (Å²) < 4.78 is 0. The molecule has 1 N–H and O–H groups in total. The number of aliphatic hydroxyl groups is 1. The molecule has 0 bridgehead atoms. The van der Waals surface area contributed by atoms with Gasteiger partial charge in [0.05, 0.1) is 0 Å². The molecule has 0 saturated carbocycles. The van der Waals surface area contributed by atoms with E-state index in [4.69, 9.17) is 5.11 Å². The third-order valence-electron chi connectivity index (χ3n) is 2.65. The van der Waals surface area contributed by atoms with Crippen LogP contribution in [-0.2, 0) is 0 Å². The second-order valence-electron chi connectivity index (χ2n) is 3.51. The number of rotatable bonds is 0. The third-order valence-corrected chi connectivity index (χ3v) is 2.65. The van der Waals surface area contributed by atoms with Gasteiger partial charge in [-0.25, -0.2) is 0 Å². The highest BCUT2D eigenvalue weighted by Crippen LogP contribution is 2.24. The van der Waals surface area contributed by atoms with Crippen LogP contribution < -0.4 is 0 Å². The molecule has 0 unspecified atom stereocenters. The Balaban J connectivity index is 0.000000457. The lowest BCUT2D eigenvalue weighted by atomic mass is 10.0. The maximum atomic E-state index is 7.00. The summed E-state index contributed by atoms with van der Waals surface area (Å²) in [4.78, 5) is 0. The topological polar surface area (TPSA) is 20.2 Å². The van der Waals surface area contributed by atoms with Gasteiger partial charge < -0.3 is 5.11 Å². The maximum Gasteiger partial charge on any atom is 0.0319 e. The Hall–Kier alpha value is -1.86.